The van der Waals surface area contributed by atoms with E-state index in [9.17, 15) is 4.79 Å². The molecular formula is C18H21N3O2. The van der Waals surface area contributed by atoms with E-state index < -0.39 is 0 Å². The van der Waals surface area contributed by atoms with E-state index in [1.54, 1.807) is 18.3 Å². The Bertz CT molecular complexity index is 652. The van der Waals surface area contributed by atoms with E-state index in [0.717, 1.165) is 23.4 Å². The van der Waals surface area contributed by atoms with Gasteiger partial charge in [0.15, 0.2) is 0 Å². The molecule has 0 unspecified atom stereocenters. The number of nitrogens with one attached hydrogen (secondary N) is 2. The second kappa shape index (κ2) is 8.58. The van der Waals surface area contributed by atoms with Crippen molar-refractivity contribution < 1.29 is 9.53 Å². The third kappa shape index (κ3) is 4.85. The smallest absolute Gasteiger partial charge is 0.271 e. The van der Waals surface area contributed by atoms with E-state index in [0.29, 0.717) is 12.2 Å². The second-order valence-electron chi connectivity index (χ2n) is 4.80. The minimum atomic E-state index is -0.231. The molecule has 2 aromatic rings. The van der Waals surface area contributed by atoms with E-state index >= 15 is 0 Å². The lowest BCUT2D eigenvalue weighted by molar-refractivity contribution is 0.0942. The van der Waals surface area contributed by atoms with Crippen LogP contribution in [0.5, 0.6) is 5.75 Å². The number of benzene rings is 1. The van der Waals surface area contributed by atoms with Crippen molar-refractivity contribution in [2.45, 2.75) is 20.3 Å². The molecule has 120 valence electrons. The molecule has 5 nitrogen and oxygen atoms in total. The van der Waals surface area contributed by atoms with Crippen molar-refractivity contribution in [3.63, 3.8) is 0 Å². The van der Waals surface area contributed by atoms with Crippen molar-refractivity contribution in [3.05, 3.63) is 66.0 Å². The summed E-state index contributed by atoms with van der Waals surface area (Å²) in [6, 6.07) is 11.2. The van der Waals surface area contributed by atoms with Crippen molar-refractivity contribution in [1.29, 1.82) is 0 Å². The number of aromatic nitrogens is 1. The molecule has 0 radical (unpaired) electrons. The number of rotatable bonds is 7. The number of allylic oxidation sites excluding steroid dienone is 1. The predicted octanol–water partition coefficient (Wildman–Crippen LogP) is 3.17. The van der Waals surface area contributed by atoms with Gasteiger partial charge in [0, 0.05) is 12.4 Å². The zero-order valence-electron chi connectivity index (χ0n) is 13.4. The van der Waals surface area contributed by atoms with E-state index in [1.165, 1.54) is 6.20 Å². The standard InChI is InChI=1S/C18H21N3O2/c1-3-6-17(14-8-10-16(11-9-14)23-4-2)20-21-18(22)15-7-5-12-19-13-15/h5-13,20H,3-4H2,1-2H3,(H,21,22). The highest BCUT2D eigenvalue weighted by Gasteiger charge is 2.06. The Morgan fingerprint density at radius 3 is 2.52 bits per heavy atom. The first-order chi connectivity index (χ1) is 11.2. The molecule has 2 rings (SSSR count). The summed E-state index contributed by atoms with van der Waals surface area (Å²) in [6.07, 6.45) is 6.02. The maximum atomic E-state index is 12.1. The van der Waals surface area contributed by atoms with Crippen LogP contribution in [0.15, 0.2) is 54.9 Å². The van der Waals surface area contributed by atoms with E-state index in [4.69, 9.17) is 4.74 Å². The molecule has 0 aliphatic carbocycles. The number of amides is 1. The number of hydrogen-bond donors (Lipinski definition) is 2. The minimum absolute atomic E-state index is 0.231. The SMILES string of the molecule is CCC=C(NNC(=O)c1cccnc1)c1ccc(OCC)cc1. The van der Waals surface area contributed by atoms with Crippen LogP contribution in [-0.4, -0.2) is 17.5 Å². The highest BCUT2D eigenvalue weighted by Crippen LogP contribution is 2.17. The topological polar surface area (TPSA) is 63.2 Å². The summed E-state index contributed by atoms with van der Waals surface area (Å²) in [5.41, 5.74) is 7.99. The average molecular weight is 311 g/mol. The summed E-state index contributed by atoms with van der Waals surface area (Å²) < 4.78 is 5.44. The lowest BCUT2D eigenvalue weighted by atomic mass is 10.1. The Hall–Kier alpha value is -2.82. The number of hydrogen-bond acceptors (Lipinski definition) is 4. The van der Waals surface area contributed by atoms with Gasteiger partial charge < -0.3 is 4.74 Å². The number of carbonyl (C=O) groups excluding carboxylic acids is 1. The molecule has 0 atom stereocenters. The van der Waals surface area contributed by atoms with E-state index in [2.05, 4.69) is 15.8 Å². The molecule has 1 amide bonds. The zero-order valence-corrected chi connectivity index (χ0v) is 13.4. The third-order valence-electron chi connectivity index (χ3n) is 3.12. The summed E-state index contributed by atoms with van der Waals surface area (Å²) in [5.74, 6) is 0.595. The Labute approximate surface area is 136 Å². The van der Waals surface area contributed by atoms with E-state index in [1.807, 2.05) is 44.2 Å². The Kier molecular flexibility index (Phi) is 6.17. The molecule has 1 aromatic carbocycles. The molecule has 0 saturated carbocycles. The first kappa shape index (κ1) is 16.5. The Morgan fingerprint density at radius 2 is 1.91 bits per heavy atom. The quantitative estimate of drug-likeness (QED) is 0.771. The Balaban J connectivity index is 2.04. The monoisotopic (exact) mass is 311 g/mol. The molecule has 1 aromatic heterocycles. The first-order valence-corrected chi connectivity index (χ1v) is 7.64. The van der Waals surface area contributed by atoms with Gasteiger partial charge >= 0.3 is 0 Å². The van der Waals surface area contributed by atoms with Crippen molar-refractivity contribution in [2.75, 3.05) is 6.61 Å². The molecule has 0 fully saturated rings. The van der Waals surface area contributed by atoms with Crippen LogP contribution >= 0.6 is 0 Å². The lowest BCUT2D eigenvalue weighted by Crippen LogP contribution is -2.36. The molecule has 1 heterocycles. The fourth-order valence-corrected chi connectivity index (χ4v) is 2.04. The number of pyridine rings is 1. The summed E-state index contributed by atoms with van der Waals surface area (Å²) >= 11 is 0. The molecule has 23 heavy (non-hydrogen) atoms. The third-order valence-corrected chi connectivity index (χ3v) is 3.12. The maximum Gasteiger partial charge on any atom is 0.271 e. The van der Waals surface area contributed by atoms with Crippen LogP contribution in [0.3, 0.4) is 0 Å². The molecule has 0 spiro atoms. The molecule has 0 saturated heterocycles. The first-order valence-electron chi connectivity index (χ1n) is 7.64. The van der Waals surface area contributed by atoms with Gasteiger partial charge in [0.2, 0.25) is 0 Å². The molecule has 0 aliphatic rings. The van der Waals surface area contributed by atoms with Gasteiger partial charge in [0.05, 0.1) is 17.9 Å². The molecule has 5 heteroatoms. The van der Waals surface area contributed by atoms with Gasteiger partial charge in [-0.1, -0.05) is 13.0 Å². The zero-order chi connectivity index (χ0) is 16.5. The fourth-order valence-electron chi connectivity index (χ4n) is 2.04. The Morgan fingerprint density at radius 1 is 1.13 bits per heavy atom. The van der Waals surface area contributed by atoms with E-state index in [-0.39, 0.29) is 5.91 Å². The molecule has 2 N–H and O–H groups in total. The summed E-state index contributed by atoms with van der Waals surface area (Å²) in [6.45, 7) is 4.63. The molecule has 0 bridgehead atoms. The summed E-state index contributed by atoms with van der Waals surface area (Å²) in [7, 11) is 0. The highest BCUT2D eigenvalue weighted by atomic mass is 16.5. The maximum absolute atomic E-state index is 12.1. The predicted molar refractivity (Wildman–Crippen MR) is 90.7 cm³/mol. The van der Waals surface area contributed by atoms with Crippen LogP contribution in [0.2, 0.25) is 0 Å². The largest absolute Gasteiger partial charge is 0.494 e. The van der Waals surface area contributed by atoms with Gasteiger partial charge in [0.1, 0.15) is 5.75 Å². The average Bonchev–Trinajstić information content (AvgIpc) is 2.60. The van der Waals surface area contributed by atoms with Gasteiger partial charge in [0.25, 0.3) is 5.91 Å². The fraction of sp³-hybridized carbons (Fsp3) is 0.222. The van der Waals surface area contributed by atoms with Crippen LogP contribution in [-0.2, 0) is 0 Å². The van der Waals surface area contributed by atoms with Crippen LogP contribution in [0.1, 0.15) is 36.2 Å². The van der Waals surface area contributed by atoms with Crippen molar-refractivity contribution in [3.8, 4) is 5.75 Å². The minimum Gasteiger partial charge on any atom is -0.494 e. The van der Waals surface area contributed by atoms with Crippen LogP contribution in [0, 0.1) is 0 Å². The van der Waals surface area contributed by atoms with Gasteiger partial charge in [-0.15, -0.1) is 0 Å². The van der Waals surface area contributed by atoms with Gasteiger partial charge in [-0.2, -0.15) is 0 Å². The normalized spacial score (nSPS) is 11.0. The number of ether oxygens (including phenoxy) is 1. The molecule has 0 aliphatic heterocycles. The van der Waals surface area contributed by atoms with Gasteiger partial charge in [-0.25, -0.2) is 0 Å². The van der Waals surface area contributed by atoms with Crippen LogP contribution < -0.4 is 15.6 Å². The van der Waals surface area contributed by atoms with Crippen molar-refractivity contribution in [2.24, 2.45) is 0 Å². The van der Waals surface area contributed by atoms with Crippen molar-refractivity contribution in [1.82, 2.24) is 15.8 Å². The number of hydrazine groups is 1. The van der Waals surface area contributed by atoms with Crippen LogP contribution in [0.25, 0.3) is 5.70 Å². The second-order valence-corrected chi connectivity index (χ2v) is 4.80. The summed E-state index contributed by atoms with van der Waals surface area (Å²) in [5, 5.41) is 0. The number of carbonyl (C=O) groups is 1. The molecular weight excluding hydrogens is 290 g/mol. The highest BCUT2D eigenvalue weighted by molar-refractivity contribution is 5.94. The van der Waals surface area contributed by atoms with Gasteiger partial charge in [-0.3, -0.25) is 20.6 Å². The van der Waals surface area contributed by atoms with Crippen LogP contribution in [0.4, 0.5) is 0 Å². The lowest BCUT2D eigenvalue weighted by Gasteiger charge is -2.13. The number of nitrogens with zero attached hydrogens (tertiary/aromatic N) is 1. The van der Waals surface area contributed by atoms with Gasteiger partial charge in [-0.05, 0) is 55.3 Å². The van der Waals surface area contributed by atoms with Crippen molar-refractivity contribution >= 4 is 11.6 Å². The summed E-state index contributed by atoms with van der Waals surface area (Å²) in [4.78, 5) is 16.0.